The van der Waals surface area contributed by atoms with Crippen LogP contribution in [-0.4, -0.2) is 35.5 Å². The number of hydrogen-bond acceptors (Lipinski definition) is 2. The largest absolute Gasteiger partial charge is 0.465 e. The van der Waals surface area contributed by atoms with Crippen molar-refractivity contribution in [3.05, 3.63) is 35.4 Å². The molecule has 0 spiro atoms. The van der Waals surface area contributed by atoms with Crippen molar-refractivity contribution in [2.45, 2.75) is 18.8 Å². The second kappa shape index (κ2) is 4.99. The lowest BCUT2D eigenvalue weighted by Crippen LogP contribution is -2.38. The molecule has 4 heteroatoms. The number of likely N-dealkylation sites (tertiary alicyclic amines) is 1. The second-order valence-corrected chi connectivity index (χ2v) is 4.35. The van der Waals surface area contributed by atoms with Crippen molar-refractivity contribution in [1.82, 2.24) is 4.90 Å². The minimum Gasteiger partial charge on any atom is -0.465 e. The van der Waals surface area contributed by atoms with Gasteiger partial charge in [-0.2, -0.15) is 0 Å². The molecule has 1 unspecified atom stereocenters. The molecule has 1 heterocycles. The van der Waals surface area contributed by atoms with Crippen molar-refractivity contribution in [2.24, 2.45) is 0 Å². The molecule has 0 aliphatic carbocycles. The number of nitrogens with zero attached hydrogens (tertiary/aromatic N) is 1. The van der Waals surface area contributed by atoms with E-state index in [-0.39, 0.29) is 5.92 Å². The zero-order valence-corrected chi connectivity index (χ0v) is 9.50. The van der Waals surface area contributed by atoms with Gasteiger partial charge in [0.1, 0.15) is 6.29 Å². The maximum Gasteiger partial charge on any atom is 0.407 e. The molecule has 1 aromatic carbocycles. The van der Waals surface area contributed by atoms with Crippen LogP contribution in [0.4, 0.5) is 4.79 Å². The zero-order chi connectivity index (χ0) is 12.3. The van der Waals surface area contributed by atoms with Gasteiger partial charge in [0.25, 0.3) is 0 Å². The maximum atomic E-state index is 10.9. The highest BCUT2D eigenvalue weighted by molar-refractivity contribution is 5.74. The number of carbonyl (C=O) groups excluding carboxylic acids is 1. The van der Waals surface area contributed by atoms with Crippen molar-refractivity contribution in [3.63, 3.8) is 0 Å². The van der Waals surface area contributed by atoms with Crippen LogP contribution in [-0.2, 0) is 0 Å². The van der Waals surface area contributed by atoms with Gasteiger partial charge in [-0.3, -0.25) is 4.79 Å². The lowest BCUT2D eigenvalue weighted by atomic mass is 9.90. The fourth-order valence-electron chi connectivity index (χ4n) is 2.27. The lowest BCUT2D eigenvalue weighted by molar-refractivity contribution is 0.112. The Hall–Kier alpha value is -1.84. The molecule has 1 N–H and O–H groups in total. The third-order valence-electron chi connectivity index (χ3n) is 3.24. The van der Waals surface area contributed by atoms with Gasteiger partial charge in [0.05, 0.1) is 0 Å². The van der Waals surface area contributed by atoms with Crippen molar-refractivity contribution in [3.8, 4) is 0 Å². The van der Waals surface area contributed by atoms with Gasteiger partial charge in [-0.05, 0) is 18.4 Å². The fraction of sp³-hybridized carbons (Fsp3) is 0.385. The van der Waals surface area contributed by atoms with E-state index in [2.05, 4.69) is 0 Å². The topological polar surface area (TPSA) is 57.6 Å². The van der Waals surface area contributed by atoms with E-state index in [9.17, 15) is 9.59 Å². The van der Waals surface area contributed by atoms with Gasteiger partial charge in [0, 0.05) is 24.6 Å². The van der Waals surface area contributed by atoms with E-state index in [0.717, 1.165) is 24.7 Å². The average molecular weight is 233 g/mol. The van der Waals surface area contributed by atoms with Crippen LogP contribution in [0, 0.1) is 0 Å². The van der Waals surface area contributed by atoms with Crippen LogP contribution in [0.5, 0.6) is 0 Å². The Kier molecular flexibility index (Phi) is 3.42. The van der Waals surface area contributed by atoms with Gasteiger partial charge in [-0.1, -0.05) is 24.3 Å². The van der Waals surface area contributed by atoms with Gasteiger partial charge in [-0.15, -0.1) is 0 Å². The molecule has 0 aromatic heterocycles. The number of hydrogen-bond donors (Lipinski definition) is 1. The van der Waals surface area contributed by atoms with E-state index in [1.807, 2.05) is 12.1 Å². The Morgan fingerprint density at radius 3 is 2.65 bits per heavy atom. The van der Waals surface area contributed by atoms with Crippen LogP contribution in [0.1, 0.15) is 34.7 Å². The summed E-state index contributed by atoms with van der Waals surface area (Å²) in [7, 11) is 0. The smallest absolute Gasteiger partial charge is 0.407 e. The second-order valence-electron chi connectivity index (χ2n) is 4.35. The molecule has 2 rings (SSSR count). The predicted molar refractivity (Wildman–Crippen MR) is 63.4 cm³/mol. The first-order chi connectivity index (χ1) is 8.20. The predicted octanol–water partition coefficient (Wildman–Crippen LogP) is 2.36. The first-order valence-corrected chi connectivity index (χ1v) is 5.73. The zero-order valence-electron chi connectivity index (χ0n) is 9.50. The van der Waals surface area contributed by atoms with Gasteiger partial charge < -0.3 is 10.0 Å². The molecule has 1 atom stereocenters. The Morgan fingerprint density at radius 2 is 2.06 bits per heavy atom. The Labute approximate surface area is 99.9 Å². The third-order valence-corrected chi connectivity index (χ3v) is 3.24. The summed E-state index contributed by atoms with van der Waals surface area (Å²) in [6.07, 6.45) is 1.87. The monoisotopic (exact) mass is 233 g/mol. The SMILES string of the molecule is O=Cc1ccc(C2CCCN(C(=O)O)C2)cc1. The maximum absolute atomic E-state index is 10.9. The third kappa shape index (κ3) is 2.64. The van der Waals surface area contributed by atoms with Crippen LogP contribution in [0.15, 0.2) is 24.3 Å². The number of carbonyl (C=O) groups is 2. The minimum absolute atomic E-state index is 0.251. The molecule has 17 heavy (non-hydrogen) atoms. The average Bonchev–Trinajstić information content (AvgIpc) is 2.39. The summed E-state index contributed by atoms with van der Waals surface area (Å²) in [5.74, 6) is 0.251. The molecule has 0 bridgehead atoms. The number of rotatable bonds is 2. The molecule has 1 saturated heterocycles. The molecular formula is C13H15NO3. The molecule has 1 aromatic rings. The number of piperidine rings is 1. The number of amides is 1. The minimum atomic E-state index is -0.848. The summed E-state index contributed by atoms with van der Waals surface area (Å²) < 4.78 is 0. The van der Waals surface area contributed by atoms with E-state index >= 15 is 0 Å². The molecular weight excluding hydrogens is 218 g/mol. The molecule has 1 aliphatic heterocycles. The Morgan fingerprint density at radius 1 is 1.35 bits per heavy atom. The van der Waals surface area contributed by atoms with Crippen molar-refractivity contribution < 1.29 is 14.7 Å². The Bertz CT molecular complexity index is 413. The summed E-state index contributed by atoms with van der Waals surface area (Å²) >= 11 is 0. The number of benzene rings is 1. The molecule has 1 amide bonds. The highest BCUT2D eigenvalue weighted by atomic mass is 16.4. The first kappa shape index (κ1) is 11.6. The van der Waals surface area contributed by atoms with E-state index < -0.39 is 6.09 Å². The van der Waals surface area contributed by atoms with Crippen molar-refractivity contribution >= 4 is 12.4 Å². The first-order valence-electron chi connectivity index (χ1n) is 5.73. The molecule has 4 nitrogen and oxygen atoms in total. The number of carboxylic acid groups (broad SMARTS) is 1. The fourth-order valence-corrected chi connectivity index (χ4v) is 2.27. The summed E-state index contributed by atoms with van der Waals surface area (Å²) in [6.45, 7) is 1.17. The summed E-state index contributed by atoms with van der Waals surface area (Å²) in [5.41, 5.74) is 1.77. The highest BCUT2D eigenvalue weighted by Crippen LogP contribution is 2.26. The van der Waals surface area contributed by atoms with Crippen molar-refractivity contribution in [1.29, 1.82) is 0 Å². The van der Waals surface area contributed by atoms with E-state index in [1.165, 1.54) is 4.90 Å². The van der Waals surface area contributed by atoms with Gasteiger partial charge in [0.2, 0.25) is 0 Å². The summed E-state index contributed by atoms with van der Waals surface area (Å²) in [5, 5.41) is 8.96. The standard InChI is InChI=1S/C13H15NO3/c15-9-10-3-5-11(6-4-10)12-2-1-7-14(8-12)13(16)17/h3-6,9,12H,1-2,7-8H2,(H,16,17). The molecule has 90 valence electrons. The van der Waals surface area contributed by atoms with Crippen LogP contribution in [0.2, 0.25) is 0 Å². The Balaban J connectivity index is 2.10. The lowest BCUT2D eigenvalue weighted by Gasteiger charge is -2.31. The summed E-state index contributed by atoms with van der Waals surface area (Å²) in [6, 6.07) is 7.39. The van der Waals surface area contributed by atoms with Gasteiger partial charge >= 0.3 is 6.09 Å². The molecule has 1 fully saturated rings. The van der Waals surface area contributed by atoms with Gasteiger partial charge in [0.15, 0.2) is 0 Å². The van der Waals surface area contributed by atoms with Crippen LogP contribution < -0.4 is 0 Å². The quantitative estimate of drug-likeness (QED) is 0.798. The molecule has 0 radical (unpaired) electrons. The van der Waals surface area contributed by atoms with Crippen molar-refractivity contribution in [2.75, 3.05) is 13.1 Å². The van der Waals surface area contributed by atoms with E-state index in [4.69, 9.17) is 5.11 Å². The molecule has 0 saturated carbocycles. The molecule has 1 aliphatic rings. The normalized spacial score (nSPS) is 20.0. The highest BCUT2D eigenvalue weighted by Gasteiger charge is 2.24. The van der Waals surface area contributed by atoms with Gasteiger partial charge in [-0.25, -0.2) is 4.79 Å². The van der Waals surface area contributed by atoms with E-state index in [1.54, 1.807) is 12.1 Å². The van der Waals surface area contributed by atoms with Crippen LogP contribution >= 0.6 is 0 Å². The van der Waals surface area contributed by atoms with Crippen LogP contribution in [0.25, 0.3) is 0 Å². The van der Waals surface area contributed by atoms with Crippen LogP contribution in [0.3, 0.4) is 0 Å². The number of aldehydes is 1. The van der Waals surface area contributed by atoms with E-state index in [0.29, 0.717) is 18.7 Å². The summed E-state index contributed by atoms with van der Waals surface area (Å²) in [4.78, 5) is 22.9.